The van der Waals surface area contributed by atoms with Gasteiger partial charge in [0.1, 0.15) is 0 Å². The summed E-state index contributed by atoms with van der Waals surface area (Å²) >= 11 is 0. The molecule has 0 fully saturated rings. The summed E-state index contributed by atoms with van der Waals surface area (Å²) in [5.74, 6) is 1.05. The van der Waals surface area contributed by atoms with Crippen molar-refractivity contribution in [3.8, 4) is 0 Å². The molecule has 0 atom stereocenters. The van der Waals surface area contributed by atoms with Crippen LogP contribution in [0.1, 0.15) is 6.42 Å². The van der Waals surface area contributed by atoms with Crippen LogP contribution in [-0.4, -0.2) is 10.5 Å². The van der Waals surface area contributed by atoms with Crippen LogP contribution in [0.2, 0.25) is 0 Å². The third-order valence-corrected chi connectivity index (χ3v) is 1.44. The fourth-order valence-corrected chi connectivity index (χ4v) is 0.891. The SMILES string of the molecule is [SiH3]OC1=CCC=C1. The second-order valence-electron chi connectivity index (χ2n) is 1.45. The van der Waals surface area contributed by atoms with Crippen LogP contribution in [0.5, 0.6) is 0 Å². The van der Waals surface area contributed by atoms with Crippen LogP contribution in [0, 0.1) is 0 Å². The molecule has 0 aliphatic heterocycles. The first-order valence-electron chi connectivity index (χ1n) is 2.34. The van der Waals surface area contributed by atoms with E-state index in [0.29, 0.717) is 0 Å². The molecule has 0 N–H and O–H groups in total. The summed E-state index contributed by atoms with van der Waals surface area (Å²) < 4.78 is 5.02. The van der Waals surface area contributed by atoms with Gasteiger partial charge in [0.05, 0.1) is 5.76 Å². The Morgan fingerprint density at radius 1 is 1.71 bits per heavy atom. The van der Waals surface area contributed by atoms with E-state index in [-0.39, 0.29) is 0 Å². The van der Waals surface area contributed by atoms with E-state index >= 15 is 0 Å². The van der Waals surface area contributed by atoms with Gasteiger partial charge < -0.3 is 4.43 Å². The summed E-state index contributed by atoms with van der Waals surface area (Å²) in [5, 5.41) is 0. The average Bonchev–Trinajstić information content (AvgIpc) is 2.14. The Morgan fingerprint density at radius 3 is 2.86 bits per heavy atom. The van der Waals surface area contributed by atoms with Gasteiger partial charge in [0.15, 0.2) is 0 Å². The lowest BCUT2D eigenvalue weighted by atomic mass is 10.5. The fraction of sp³-hybridized carbons (Fsp3) is 0.200. The number of allylic oxidation sites excluding steroid dienone is 3. The second kappa shape index (κ2) is 1.98. The van der Waals surface area contributed by atoms with Gasteiger partial charge in [0.2, 0.25) is 10.5 Å². The van der Waals surface area contributed by atoms with Gasteiger partial charge in [-0.3, -0.25) is 0 Å². The van der Waals surface area contributed by atoms with Gasteiger partial charge in [0.25, 0.3) is 0 Å². The smallest absolute Gasteiger partial charge is 0.204 e. The van der Waals surface area contributed by atoms with Gasteiger partial charge in [-0.15, -0.1) is 0 Å². The van der Waals surface area contributed by atoms with E-state index in [1.807, 2.05) is 6.08 Å². The molecular weight excluding hydrogens is 104 g/mol. The normalized spacial score (nSPS) is 17.4. The predicted octanol–water partition coefficient (Wildman–Crippen LogP) is 0.127. The average molecular weight is 112 g/mol. The fourth-order valence-electron chi connectivity index (χ4n) is 0.588. The van der Waals surface area contributed by atoms with Crippen molar-refractivity contribution in [1.29, 1.82) is 0 Å². The molecule has 0 heterocycles. The summed E-state index contributed by atoms with van der Waals surface area (Å²) in [4.78, 5) is 0. The minimum Gasteiger partial charge on any atom is -0.553 e. The molecule has 0 aromatic heterocycles. The third kappa shape index (κ3) is 0.931. The molecule has 0 aromatic carbocycles. The first kappa shape index (κ1) is 4.65. The first-order valence-corrected chi connectivity index (χ1v) is 3.16. The Morgan fingerprint density at radius 2 is 2.57 bits per heavy atom. The highest BCUT2D eigenvalue weighted by Gasteiger charge is 1.90. The standard InChI is InChI=1S/C5H8OSi/c7-6-5-3-1-2-4-5/h1,3-4H,2H2,7H3. The molecule has 2 heteroatoms. The van der Waals surface area contributed by atoms with Crippen LogP contribution in [0.25, 0.3) is 0 Å². The minimum absolute atomic E-state index is 0.812. The van der Waals surface area contributed by atoms with Crippen LogP contribution in [-0.2, 0) is 4.43 Å². The highest BCUT2D eigenvalue weighted by molar-refractivity contribution is 5.99. The molecule has 38 valence electrons. The Bertz CT molecular complexity index is 115. The van der Waals surface area contributed by atoms with E-state index in [9.17, 15) is 0 Å². The molecule has 0 spiro atoms. The van der Waals surface area contributed by atoms with Crippen molar-refractivity contribution in [2.24, 2.45) is 0 Å². The monoisotopic (exact) mass is 112 g/mol. The van der Waals surface area contributed by atoms with Crippen molar-refractivity contribution in [3.63, 3.8) is 0 Å². The topological polar surface area (TPSA) is 9.23 Å². The number of hydrogen-bond donors (Lipinski definition) is 0. The van der Waals surface area contributed by atoms with E-state index < -0.39 is 0 Å². The van der Waals surface area contributed by atoms with E-state index in [1.165, 1.54) is 0 Å². The van der Waals surface area contributed by atoms with Crippen LogP contribution in [0.15, 0.2) is 24.0 Å². The van der Waals surface area contributed by atoms with Gasteiger partial charge in [-0.25, -0.2) is 0 Å². The molecule has 0 saturated carbocycles. The lowest BCUT2D eigenvalue weighted by Crippen LogP contribution is -1.76. The van der Waals surface area contributed by atoms with Gasteiger partial charge in [-0.05, 0) is 18.6 Å². The minimum atomic E-state index is 0.812. The molecule has 0 bridgehead atoms. The molecule has 1 aliphatic rings. The van der Waals surface area contributed by atoms with Gasteiger partial charge in [-0.1, -0.05) is 6.08 Å². The molecule has 0 radical (unpaired) electrons. The molecule has 1 rings (SSSR count). The zero-order valence-electron chi connectivity index (χ0n) is 4.35. The molecule has 7 heavy (non-hydrogen) atoms. The van der Waals surface area contributed by atoms with Crippen LogP contribution in [0.4, 0.5) is 0 Å². The van der Waals surface area contributed by atoms with Gasteiger partial charge in [0, 0.05) is 0 Å². The summed E-state index contributed by atoms with van der Waals surface area (Å²) in [6.07, 6.45) is 7.23. The van der Waals surface area contributed by atoms with Crippen LogP contribution in [0.3, 0.4) is 0 Å². The Hall–Kier alpha value is -0.503. The van der Waals surface area contributed by atoms with Crippen LogP contribution >= 0.6 is 0 Å². The Labute approximate surface area is 46.2 Å². The zero-order valence-corrected chi connectivity index (χ0v) is 6.35. The maximum Gasteiger partial charge on any atom is 0.204 e. The highest BCUT2D eigenvalue weighted by atomic mass is 28.2. The molecule has 1 nitrogen and oxygen atoms in total. The number of rotatable bonds is 1. The van der Waals surface area contributed by atoms with Gasteiger partial charge in [-0.2, -0.15) is 0 Å². The third-order valence-electron chi connectivity index (χ3n) is 0.973. The van der Waals surface area contributed by atoms with Crippen molar-refractivity contribution in [2.45, 2.75) is 6.42 Å². The van der Waals surface area contributed by atoms with E-state index in [2.05, 4.69) is 12.2 Å². The summed E-state index contributed by atoms with van der Waals surface area (Å²) in [6.45, 7) is 0. The van der Waals surface area contributed by atoms with E-state index in [4.69, 9.17) is 4.43 Å². The van der Waals surface area contributed by atoms with Gasteiger partial charge >= 0.3 is 0 Å². The molecular formula is C5H8OSi. The molecule has 1 aliphatic carbocycles. The lowest BCUT2D eigenvalue weighted by molar-refractivity contribution is 0.493. The van der Waals surface area contributed by atoms with Crippen molar-refractivity contribution >= 4 is 10.5 Å². The van der Waals surface area contributed by atoms with Crippen molar-refractivity contribution in [2.75, 3.05) is 0 Å². The van der Waals surface area contributed by atoms with Crippen molar-refractivity contribution < 1.29 is 4.43 Å². The Balaban J connectivity index is 2.52. The lowest BCUT2D eigenvalue weighted by Gasteiger charge is -1.92. The van der Waals surface area contributed by atoms with Crippen molar-refractivity contribution in [3.05, 3.63) is 24.0 Å². The van der Waals surface area contributed by atoms with E-state index in [1.54, 1.807) is 0 Å². The Kier molecular flexibility index (Phi) is 1.31. The first-order chi connectivity index (χ1) is 3.43. The zero-order chi connectivity index (χ0) is 5.11. The molecule has 0 aromatic rings. The molecule has 0 saturated heterocycles. The summed E-state index contributed by atoms with van der Waals surface area (Å²) in [6, 6.07) is 0. The summed E-state index contributed by atoms with van der Waals surface area (Å²) in [7, 11) is 0.812. The molecule has 0 amide bonds. The van der Waals surface area contributed by atoms with Crippen LogP contribution < -0.4 is 0 Å². The number of hydrogen-bond acceptors (Lipinski definition) is 1. The second-order valence-corrected chi connectivity index (χ2v) is 1.86. The predicted molar refractivity (Wildman–Crippen MR) is 32.9 cm³/mol. The highest BCUT2D eigenvalue weighted by Crippen LogP contribution is 2.06. The maximum atomic E-state index is 5.02. The quantitative estimate of drug-likeness (QED) is 0.438. The largest absolute Gasteiger partial charge is 0.553 e. The summed E-state index contributed by atoms with van der Waals surface area (Å²) in [5.41, 5.74) is 0. The molecule has 0 unspecified atom stereocenters. The van der Waals surface area contributed by atoms with Crippen molar-refractivity contribution in [1.82, 2.24) is 0 Å². The maximum absolute atomic E-state index is 5.02. The van der Waals surface area contributed by atoms with E-state index in [0.717, 1.165) is 22.7 Å².